The maximum Gasteiger partial charge on any atom is 0.304 e. The first-order chi connectivity index (χ1) is 16.9. The topological polar surface area (TPSA) is 90.0 Å². The molecule has 1 atom stereocenters. The molecule has 0 aliphatic carbocycles. The summed E-state index contributed by atoms with van der Waals surface area (Å²) in [4.78, 5) is 28.2. The van der Waals surface area contributed by atoms with E-state index in [-0.39, 0.29) is 24.1 Å². The zero-order valence-electron chi connectivity index (χ0n) is 21.9. The standard InChI is InChI=1S/C26H37FN4O4S/c1-7-23(26(33)28-16-19(2)3)30(17-21-14-12-20(4)13-15-21)25(32)18-31(36(34,35)29(5)6)24-11-9-8-10-22(24)27/h8-15,19,23H,7,16-18H2,1-6H3,(H,28,33)/t23-/m0/s1. The van der Waals surface area contributed by atoms with Crippen LogP contribution in [0.5, 0.6) is 0 Å². The Balaban J connectivity index is 2.49. The van der Waals surface area contributed by atoms with Gasteiger partial charge in [-0.15, -0.1) is 0 Å². The van der Waals surface area contributed by atoms with Crippen molar-refractivity contribution in [3.63, 3.8) is 0 Å². The molecule has 198 valence electrons. The molecule has 2 aromatic carbocycles. The van der Waals surface area contributed by atoms with Crippen molar-refractivity contribution in [3.8, 4) is 0 Å². The molecule has 0 saturated heterocycles. The van der Waals surface area contributed by atoms with Crippen LogP contribution in [0.2, 0.25) is 0 Å². The molecule has 1 N–H and O–H groups in total. The third kappa shape index (κ3) is 7.51. The molecule has 2 amide bonds. The van der Waals surface area contributed by atoms with Gasteiger partial charge in [0.25, 0.3) is 0 Å². The summed E-state index contributed by atoms with van der Waals surface area (Å²) in [5.74, 6) is -1.49. The Kier molecular flexibility index (Phi) is 10.4. The van der Waals surface area contributed by atoms with E-state index >= 15 is 0 Å². The Morgan fingerprint density at radius 3 is 2.17 bits per heavy atom. The zero-order chi connectivity index (χ0) is 27.0. The smallest absolute Gasteiger partial charge is 0.304 e. The molecule has 2 aromatic rings. The minimum absolute atomic E-state index is 0.0971. The Bertz CT molecular complexity index is 1140. The number of rotatable bonds is 12. The van der Waals surface area contributed by atoms with Crippen molar-refractivity contribution in [1.82, 2.24) is 14.5 Å². The molecule has 2 rings (SSSR count). The van der Waals surface area contributed by atoms with E-state index in [0.717, 1.165) is 25.8 Å². The van der Waals surface area contributed by atoms with Gasteiger partial charge in [0.2, 0.25) is 11.8 Å². The first kappa shape index (κ1) is 29.3. The molecule has 0 fully saturated rings. The molecule has 8 nitrogen and oxygen atoms in total. The molecular weight excluding hydrogens is 483 g/mol. The molecule has 0 aliphatic rings. The van der Waals surface area contributed by atoms with Gasteiger partial charge in [0.05, 0.1) is 5.69 Å². The maximum absolute atomic E-state index is 14.7. The summed E-state index contributed by atoms with van der Waals surface area (Å²) in [7, 11) is -1.59. The van der Waals surface area contributed by atoms with Gasteiger partial charge in [0, 0.05) is 27.2 Å². The van der Waals surface area contributed by atoms with Crippen molar-refractivity contribution in [3.05, 3.63) is 65.5 Å². The fourth-order valence-electron chi connectivity index (χ4n) is 3.59. The van der Waals surface area contributed by atoms with E-state index in [2.05, 4.69) is 5.32 Å². The van der Waals surface area contributed by atoms with Crippen molar-refractivity contribution in [2.24, 2.45) is 5.92 Å². The van der Waals surface area contributed by atoms with Crippen LogP contribution in [-0.4, -0.2) is 62.7 Å². The molecule has 0 heterocycles. The second-order valence-electron chi connectivity index (χ2n) is 9.32. The summed E-state index contributed by atoms with van der Waals surface area (Å²) >= 11 is 0. The molecule has 0 bridgehead atoms. The highest BCUT2D eigenvalue weighted by atomic mass is 32.2. The van der Waals surface area contributed by atoms with Gasteiger partial charge >= 0.3 is 10.2 Å². The van der Waals surface area contributed by atoms with E-state index < -0.39 is 34.5 Å². The van der Waals surface area contributed by atoms with E-state index in [1.54, 1.807) is 6.92 Å². The number of para-hydroxylation sites is 1. The van der Waals surface area contributed by atoms with E-state index in [1.807, 2.05) is 45.0 Å². The van der Waals surface area contributed by atoms with E-state index in [9.17, 15) is 22.4 Å². The van der Waals surface area contributed by atoms with Crippen molar-refractivity contribution < 1.29 is 22.4 Å². The van der Waals surface area contributed by atoms with Crippen LogP contribution in [0.3, 0.4) is 0 Å². The number of anilines is 1. The number of carbonyl (C=O) groups excluding carboxylic acids is 2. The summed E-state index contributed by atoms with van der Waals surface area (Å²) in [6.07, 6.45) is 0.321. The average Bonchev–Trinajstić information content (AvgIpc) is 2.82. The maximum atomic E-state index is 14.7. The van der Waals surface area contributed by atoms with Gasteiger partial charge in [-0.05, 0) is 37.0 Å². The van der Waals surface area contributed by atoms with Crippen LogP contribution in [0, 0.1) is 18.7 Å². The van der Waals surface area contributed by atoms with Crippen molar-refractivity contribution in [2.75, 3.05) is 31.5 Å². The normalized spacial score (nSPS) is 12.5. The lowest BCUT2D eigenvalue weighted by Gasteiger charge is -2.34. The van der Waals surface area contributed by atoms with Crippen LogP contribution in [0.25, 0.3) is 0 Å². The SMILES string of the molecule is CC[C@@H](C(=O)NCC(C)C)N(Cc1ccc(C)cc1)C(=O)CN(c1ccccc1F)S(=O)(=O)N(C)C. The molecule has 10 heteroatoms. The van der Waals surface area contributed by atoms with Crippen LogP contribution < -0.4 is 9.62 Å². The van der Waals surface area contributed by atoms with Gasteiger partial charge in [-0.3, -0.25) is 9.59 Å². The van der Waals surface area contributed by atoms with E-state index in [1.165, 1.54) is 37.2 Å². The molecule has 0 aliphatic heterocycles. The van der Waals surface area contributed by atoms with Crippen LogP contribution in [0.4, 0.5) is 10.1 Å². The third-order valence-electron chi connectivity index (χ3n) is 5.68. The van der Waals surface area contributed by atoms with Crippen molar-refractivity contribution >= 4 is 27.7 Å². The quantitative estimate of drug-likeness (QED) is 0.465. The summed E-state index contributed by atoms with van der Waals surface area (Å²) in [6, 6.07) is 12.1. The highest BCUT2D eigenvalue weighted by Gasteiger charge is 2.34. The lowest BCUT2D eigenvalue weighted by molar-refractivity contribution is -0.140. The second kappa shape index (κ2) is 12.8. The molecule has 36 heavy (non-hydrogen) atoms. The first-order valence-electron chi connectivity index (χ1n) is 12.0. The Morgan fingerprint density at radius 1 is 1.03 bits per heavy atom. The van der Waals surface area contributed by atoms with Crippen LogP contribution in [0.15, 0.2) is 48.5 Å². The second-order valence-corrected chi connectivity index (χ2v) is 11.4. The monoisotopic (exact) mass is 520 g/mol. The van der Waals surface area contributed by atoms with E-state index in [4.69, 9.17) is 0 Å². The van der Waals surface area contributed by atoms with Gasteiger partial charge in [0.15, 0.2) is 0 Å². The lowest BCUT2D eigenvalue weighted by atomic mass is 10.1. The number of hydrogen-bond acceptors (Lipinski definition) is 4. The van der Waals surface area contributed by atoms with Gasteiger partial charge in [-0.25, -0.2) is 8.70 Å². The Hall–Kier alpha value is -2.98. The van der Waals surface area contributed by atoms with E-state index in [0.29, 0.717) is 13.0 Å². The predicted molar refractivity (Wildman–Crippen MR) is 140 cm³/mol. The minimum Gasteiger partial charge on any atom is -0.354 e. The number of benzene rings is 2. The summed E-state index contributed by atoms with van der Waals surface area (Å²) < 4.78 is 42.6. The molecule has 0 unspecified atom stereocenters. The van der Waals surface area contributed by atoms with Crippen LogP contribution >= 0.6 is 0 Å². The number of amides is 2. The number of hydrogen-bond donors (Lipinski definition) is 1. The van der Waals surface area contributed by atoms with Gasteiger partial charge in [-0.2, -0.15) is 12.7 Å². The summed E-state index contributed by atoms with van der Waals surface area (Å²) in [6.45, 7) is 7.54. The zero-order valence-corrected chi connectivity index (χ0v) is 22.7. The molecule has 0 spiro atoms. The number of nitrogens with zero attached hydrogens (tertiary/aromatic N) is 3. The fraction of sp³-hybridized carbons (Fsp3) is 0.462. The highest BCUT2D eigenvalue weighted by Crippen LogP contribution is 2.24. The van der Waals surface area contributed by atoms with Crippen LogP contribution in [-0.2, 0) is 26.3 Å². The molecular formula is C26H37FN4O4S. The van der Waals surface area contributed by atoms with Gasteiger partial charge in [-0.1, -0.05) is 62.7 Å². The molecule has 0 aromatic heterocycles. The summed E-state index contributed by atoms with van der Waals surface area (Å²) in [5, 5.41) is 2.87. The Labute approximate surface area is 214 Å². The van der Waals surface area contributed by atoms with Gasteiger partial charge < -0.3 is 10.2 Å². The van der Waals surface area contributed by atoms with Gasteiger partial charge in [0.1, 0.15) is 18.4 Å². The Morgan fingerprint density at radius 2 is 1.64 bits per heavy atom. The summed E-state index contributed by atoms with van der Waals surface area (Å²) in [5.41, 5.74) is 1.59. The molecule has 0 radical (unpaired) electrons. The minimum atomic E-state index is -4.22. The lowest BCUT2D eigenvalue weighted by Crippen LogP contribution is -2.53. The number of nitrogens with one attached hydrogen (secondary N) is 1. The van der Waals surface area contributed by atoms with Crippen molar-refractivity contribution in [2.45, 2.75) is 46.7 Å². The average molecular weight is 521 g/mol. The fourth-order valence-corrected chi connectivity index (χ4v) is 4.65. The number of halogens is 1. The highest BCUT2D eigenvalue weighted by molar-refractivity contribution is 7.90. The van der Waals surface area contributed by atoms with Crippen LogP contribution in [0.1, 0.15) is 38.3 Å². The number of aryl methyl sites for hydroxylation is 1. The first-order valence-corrected chi connectivity index (χ1v) is 13.4. The molecule has 0 saturated carbocycles. The third-order valence-corrected chi connectivity index (χ3v) is 7.49. The van der Waals surface area contributed by atoms with Crippen molar-refractivity contribution in [1.29, 1.82) is 0 Å². The number of carbonyl (C=O) groups is 2. The largest absolute Gasteiger partial charge is 0.354 e. The predicted octanol–water partition coefficient (Wildman–Crippen LogP) is 3.33.